The molecular weight excluding hydrogens is 176 g/mol. The topological polar surface area (TPSA) is 48.9 Å². The summed E-state index contributed by atoms with van der Waals surface area (Å²) < 4.78 is 0. The maximum Gasteiger partial charge on any atom is 0.132 e. The van der Waals surface area contributed by atoms with Crippen LogP contribution in [0.5, 0.6) is 0 Å². The van der Waals surface area contributed by atoms with E-state index in [1.165, 1.54) is 5.56 Å². The van der Waals surface area contributed by atoms with E-state index in [1.54, 1.807) is 6.20 Å². The standard InChI is InChI=1S/C11H12N2O/c1-8-2-4-9(5-3-8)10-6-12-11(7-14)13-10/h2-6,14H,7H2,1H3,(H,12,13). The minimum Gasteiger partial charge on any atom is -0.388 e. The molecule has 3 heteroatoms. The molecule has 0 aliphatic carbocycles. The number of imidazole rings is 1. The van der Waals surface area contributed by atoms with Gasteiger partial charge in [-0.3, -0.25) is 0 Å². The quantitative estimate of drug-likeness (QED) is 0.756. The van der Waals surface area contributed by atoms with Crippen molar-refractivity contribution in [2.24, 2.45) is 0 Å². The molecule has 0 saturated heterocycles. The van der Waals surface area contributed by atoms with Crippen molar-refractivity contribution in [2.45, 2.75) is 13.5 Å². The van der Waals surface area contributed by atoms with Crippen molar-refractivity contribution < 1.29 is 5.11 Å². The highest BCUT2D eigenvalue weighted by atomic mass is 16.3. The Hall–Kier alpha value is -1.61. The second-order valence-corrected chi connectivity index (χ2v) is 3.27. The van der Waals surface area contributed by atoms with Gasteiger partial charge in [0.1, 0.15) is 12.4 Å². The smallest absolute Gasteiger partial charge is 0.132 e. The lowest BCUT2D eigenvalue weighted by atomic mass is 10.1. The van der Waals surface area contributed by atoms with Crippen molar-refractivity contribution in [2.75, 3.05) is 0 Å². The van der Waals surface area contributed by atoms with E-state index in [2.05, 4.69) is 29.0 Å². The van der Waals surface area contributed by atoms with Crippen LogP contribution in [0.25, 0.3) is 11.3 Å². The van der Waals surface area contributed by atoms with Crippen LogP contribution in [-0.2, 0) is 6.61 Å². The summed E-state index contributed by atoms with van der Waals surface area (Å²) in [5, 5.41) is 8.85. The van der Waals surface area contributed by atoms with E-state index in [0.29, 0.717) is 5.82 Å². The van der Waals surface area contributed by atoms with Gasteiger partial charge in [-0.2, -0.15) is 0 Å². The average molecular weight is 188 g/mol. The van der Waals surface area contributed by atoms with Crippen LogP contribution < -0.4 is 0 Å². The predicted molar refractivity (Wildman–Crippen MR) is 54.7 cm³/mol. The minimum absolute atomic E-state index is 0.0497. The summed E-state index contributed by atoms with van der Waals surface area (Å²) in [6.45, 7) is 2.00. The van der Waals surface area contributed by atoms with Crippen molar-refractivity contribution in [3.8, 4) is 11.3 Å². The summed E-state index contributed by atoms with van der Waals surface area (Å²) in [5.74, 6) is 0.598. The van der Waals surface area contributed by atoms with Gasteiger partial charge in [0.2, 0.25) is 0 Å². The van der Waals surface area contributed by atoms with E-state index in [0.717, 1.165) is 11.3 Å². The van der Waals surface area contributed by atoms with E-state index in [4.69, 9.17) is 5.11 Å². The lowest BCUT2D eigenvalue weighted by Crippen LogP contribution is -1.84. The van der Waals surface area contributed by atoms with Gasteiger partial charge in [0.15, 0.2) is 0 Å². The normalized spacial score (nSPS) is 10.4. The highest BCUT2D eigenvalue weighted by Crippen LogP contribution is 2.17. The summed E-state index contributed by atoms with van der Waals surface area (Å²) in [6.07, 6.45) is 1.73. The first-order chi connectivity index (χ1) is 6.79. The summed E-state index contributed by atoms with van der Waals surface area (Å²) in [7, 11) is 0. The second kappa shape index (κ2) is 3.64. The molecule has 0 unspecified atom stereocenters. The maximum absolute atomic E-state index is 8.85. The first kappa shape index (κ1) is 8.97. The van der Waals surface area contributed by atoms with Crippen LogP contribution in [-0.4, -0.2) is 15.1 Å². The number of aromatic nitrogens is 2. The molecule has 3 nitrogen and oxygen atoms in total. The van der Waals surface area contributed by atoms with Gasteiger partial charge in [-0.25, -0.2) is 4.98 Å². The number of rotatable bonds is 2. The molecule has 0 radical (unpaired) electrons. The van der Waals surface area contributed by atoms with Gasteiger partial charge < -0.3 is 10.1 Å². The molecule has 0 spiro atoms. The number of aromatic amines is 1. The molecule has 0 amide bonds. The molecule has 0 aliphatic rings. The molecular formula is C11H12N2O. The average Bonchev–Trinajstić information content (AvgIpc) is 2.67. The van der Waals surface area contributed by atoms with Gasteiger partial charge in [-0.15, -0.1) is 0 Å². The Balaban J connectivity index is 2.34. The number of aryl methyl sites for hydroxylation is 1. The minimum atomic E-state index is -0.0497. The maximum atomic E-state index is 8.85. The molecule has 0 atom stereocenters. The summed E-state index contributed by atoms with van der Waals surface area (Å²) in [5.41, 5.74) is 3.26. The zero-order valence-electron chi connectivity index (χ0n) is 7.99. The van der Waals surface area contributed by atoms with Gasteiger partial charge in [0.05, 0.1) is 11.9 Å². The van der Waals surface area contributed by atoms with Crippen LogP contribution in [0.3, 0.4) is 0 Å². The fourth-order valence-corrected chi connectivity index (χ4v) is 1.32. The summed E-state index contributed by atoms with van der Waals surface area (Å²) >= 11 is 0. The van der Waals surface area contributed by atoms with Crippen molar-refractivity contribution in [1.82, 2.24) is 9.97 Å². The fourth-order valence-electron chi connectivity index (χ4n) is 1.32. The van der Waals surface area contributed by atoms with Gasteiger partial charge in [0.25, 0.3) is 0 Å². The number of nitrogens with one attached hydrogen (secondary N) is 1. The van der Waals surface area contributed by atoms with E-state index < -0.39 is 0 Å². The first-order valence-corrected chi connectivity index (χ1v) is 4.51. The van der Waals surface area contributed by atoms with Crippen LogP contribution in [0.1, 0.15) is 11.4 Å². The monoisotopic (exact) mass is 188 g/mol. The number of aliphatic hydroxyl groups excluding tert-OH is 1. The molecule has 0 saturated carbocycles. The summed E-state index contributed by atoms with van der Waals surface area (Å²) in [4.78, 5) is 7.07. The molecule has 0 bridgehead atoms. The highest BCUT2D eigenvalue weighted by molar-refractivity contribution is 5.58. The molecule has 2 aromatic rings. The molecule has 1 heterocycles. The van der Waals surface area contributed by atoms with E-state index in [1.807, 2.05) is 12.1 Å². The number of nitrogens with zero attached hydrogens (tertiary/aromatic N) is 1. The first-order valence-electron chi connectivity index (χ1n) is 4.51. The zero-order chi connectivity index (χ0) is 9.97. The molecule has 0 aliphatic heterocycles. The Bertz CT molecular complexity index is 417. The Morgan fingerprint density at radius 1 is 1.29 bits per heavy atom. The second-order valence-electron chi connectivity index (χ2n) is 3.27. The molecule has 14 heavy (non-hydrogen) atoms. The van der Waals surface area contributed by atoms with Crippen LogP contribution in [0, 0.1) is 6.92 Å². The lowest BCUT2D eigenvalue weighted by Gasteiger charge is -1.97. The number of aliphatic hydroxyl groups is 1. The molecule has 72 valence electrons. The Kier molecular flexibility index (Phi) is 2.33. The largest absolute Gasteiger partial charge is 0.388 e. The van der Waals surface area contributed by atoms with Crippen LogP contribution in [0.2, 0.25) is 0 Å². The SMILES string of the molecule is Cc1ccc(-c2cnc(CO)[nH]2)cc1. The Labute approximate surface area is 82.4 Å². The number of hydrogen-bond donors (Lipinski definition) is 2. The molecule has 0 fully saturated rings. The number of H-pyrrole nitrogens is 1. The van der Waals surface area contributed by atoms with Crippen molar-refractivity contribution in [1.29, 1.82) is 0 Å². The van der Waals surface area contributed by atoms with Gasteiger partial charge in [-0.1, -0.05) is 29.8 Å². The van der Waals surface area contributed by atoms with Crippen LogP contribution in [0.15, 0.2) is 30.5 Å². The highest BCUT2D eigenvalue weighted by Gasteiger charge is 2.01. The van der Waals surface area contributed by atoms with E-state index in [-0.39, 0.29) is 6.61 Å². The Morgan fingerprint density at radius 2 is 2.00 bits per heavy atom. The lowest BCUT2D eigenvalue weighted by molar-refractivity contribution is 0.272. The molecule has 1 aromatic heterocycles. The number of hydrogen-bond acceptors (Lipinski definition) is 2. The van der Waals surface area contributed by atoms with Gasteiger partial charge >= 0.3 is 0 Å². The predicted octanol–water partition coefficient (Wildman–Crippen LogP) is 1.88. The van der Waals surface area contributed by atoms with Crippen molar-refractivity contribution >= 4 is 0 Å². The zero-order valence-corrected chi connectivity index (χ0v) is 7.99. The molecule has 2 rings (SSSR count). The molecule has 2 N–H and O–H groups in total. The van der Waals surface area contributed by atoms with E-state index in [9.17, 15) is 0 Å². The third kappa shape index (κ3) is 1.67. The third-order valence-electron chi connectivity index (χ3n) is 2.14. The summed E-state index contributed by atoms with van der Waals surface area (Å²) in [6, 6.07) is 8.16. The fraction of sp³-hybridized carbons (Fsp3) is 0.182. The third-order valence-corrected chi connectivity index (χ3v) is 2.14. The van der Waals surface area contributed by atoms with Crippen molar-refractivity contribution in [3.63, 3.8) is 0 Å². The van der Waals surface area contributed by atoms with Crippen LogP contribution in [0.4, 0.5) is 0 Å². The van der Waals surface area contributed by atoms with E-state index >= 15 is 0 Å². The van der Waals surface area contributed by atoms with Crippen LogP contribution >= 0.6 is 0 Å². The molecule has 1 aromatic carbocycles. The Morgan fingerprint density at radius 3 is 2.57 bits per heavy atom. The van der Waals surface area contributed by atoms with Gasteiger partial charge in [-0.05, 0) is 12.5 Å². The van der Waals surface area contributed by atoms with Crippen molar-refractivity contribution in [3.05, 3.63) is 41.9 Å². The number of benzene rings is 1. The van der Waals surface area contributed by atoms with Gasteiger partial charge in [0, 0.05) is 0 Å².